The summed E-state index contributed by atoms with van der Waals surface area (Å²) < 4.78 is 28.1. The monoisotopic (exact) mass is 372 g/mol. The van der Waals surface area contributed by atoms with Gasteiger partial charge in [0, 0.05) is 36.8 Å². The van der Waals surface area contributed by atoms with Gasteiger partial charge in [0.25, 0.3) is 0 Å². The molecule has 1 aliphatic heterocycles. The van der Waals surface area contributed by atoms with E-state index in [0.29, 0.717) is 40.5 Å². The molecule has 0 aromatic heterocycles. The topological polar surface area (TPSA) is 31.2 Å². The molecule has 1 heterocycles. The van der Waals surface area contributed by atoms with E-state index in [1.165, 1.54) is 13.0 Å². The Morgan fingerprint density at radius 3 is 2.56 bits per heavy atom. The van der Waals surface area contributed by atoms with Crippen molar-refractivity contribution >= 4 is 11.4 Å². The first-order valence-corrected chi connectivity index (χ1v) is 8.83. The van der Waals surface area contributed by atoms with E-state index in [4.69, 9.17) is 0 Å². The van der Waals surface area contributed by atoms with Gasteiger partial charge >= 0.3 is 0 Å². The zero-order valence-corrected chi connectivity index (χ0v) is 16.2. The molecule has 27 heavy (non-hydrogen) atoms. The maximum Gasteiger partial charge on any atom is 0.138 e. The molecule has 0 fully saturated rings. The van der Waals surface area contributed by atoms with Crippen LogP contribution < -0.4 is 0 Å². The molecule has 1 aromatic rings. The van der Waals surface area contributed by atoms with E-state index in [0.717, 1.165) is 6.54 Å². The van der Waals surface area contributed by atoms with Gasteiger partial charge in [-0.15, -0.1) is 0 Å². The molecule has 2 rings (SSSR count). The van der Waals surface area contributed by atoms with E-state index < -0.39 is 6.17 Å². The van der Waals surface area contributed by atoms with Crippen LogP contribution in [-0.2, 0) is 6.54 Å². The van der Waals surface area contributed by atoms with Crippen LogP contribution in [0.3, 0.4) is 0 Å². The van der Waals surface area contributed by atoms with Crippen LogP contribution in [0.4, 0.5) is 8.78 Å². The van der Waals surface area contributed by atoms with Crippen molar-refractivity contribution in [3.8, 4) is 0 Å². The quantitative estimate of drug-likeness (QED) is 0.591. The van der Waals surface area contributed by atoms with E-state index in [1.807, 2.05) is 23.8 Å². The Bertz CT molecular complexity index is 808. The molecular weight excluding hydrogens is 346 g/mol. The molecule has 0 radical (unpaired) electrons. The van der Waals surface area contributed by atoms with Crippen LogP contribution in [0.2, 0.25) is 0 Å². The van der Waals surface area contributed by atoms with E-state index in [1.54, 1.807) is 18.2 Å². The van der Waals surface area contributed by atoms with Crippen LogP contribution >= 0.6 is 0 Å². The van der Waals surface area contributed by atoms with E-state index in [2.05, 4.69) is 29.9 Å². The van der Waals surface area contributed by atoms with Crippen LogP contribution in [0, 0.1) is 5.82 Å². The van der Waals surface area contributed by atoms with Gasteiger partial charge in [-0.3, -0.25) is 0 Å². The van der Waals surface area contributed by atoms with Gasteiger partial charge in [-0.05, 0) is 26.0 Å². The van der Waals surface area contributed by atoms with Crippen molar-refractivity contribution in [1.29, 1.82) is 0 Å². The number of nitrogens with zero attached hydrogens (tertiary/aromatic N) is 4. The second kappa shape index (κ2) is 8.75. The lowest BCUT2D eigenvalue weighted by Crippen LogP contribution is -2.31. The van der Waals surface area contributed by atoms with E-state index >= 15 is 0 Å². The van der Waals surface area contributed by atoms with Gasteiger partial charge in [0.1, 0.15) is 17.8 Å². The number of rotatable bonds is 9. The summed E-state index contributed by atoms with van der Waals surface area (Å²) in [5.41, 5.74) is 2.67. The molecule has 0 amide bonds. The van der Waals surface area contributed by atoms with Crippen molar-refractivity contribution in [3.05, 3.63) is 72.5 Å². The minimum atomic E-state index is -1.16. The Morgan fingerprint density at radius 2 is 2.04 bits per heavy atom. The summed E-state index contributed by atoms with van der Waals surface area (Å²) in [6.45, 7) is 16.3. The van der Waals surface area contributed by atoms with Gasteiger partial charge in [-0.1, -0.05) is 31.9 Å². The first-order valence-electron chi connectivity index (χ1n) is 8.83. The summed E-state index contributed by atoms with van der Waals surface area (Å²) in [5, 5.41) is 7.82. The van der Waals surface area contributed by atoms with Crippen LogP contribution in [0.1, 0.15) is 31.4 Å². The smallest absolute Gasteiger partial charge is 0.138 e. The average Bonchev–Trinajstić information content (AvgIpc) is 3.15. The molecule has 0 bridgehead atoms. The first-order chi connectivity index (χ1) is 12.8. The van der Waals surface area contributed by atoms with Crippen molar-refractivity contribution in [2.75, 3.05) is 13.6 Å². The Kier molecular flexibility index (Phi) is 6.66. The SMILES string of the molecule is C=CC(=C)N(Cc1ccc(C2=NN=C(C(C)F)C2)cc1F)C(=C)N(C)CC. The fraction of sp³-hybridized carbons (Fsp3) is 0.333. The molecule has 1 unspecified atom stereocenters. The summed E-state index contributed by atoms with van der Waals surface area (Å²) in [6, 6.07) is 4.89. The minimum Gasteiger partial charge on any atom is -0.362 e. The second-order valence-corrected chi connectivity index (χ2v) is 6.45. The Morgan fingerprint density at radius 1 is 1.33 bits per heavy atom. The maximum atomic E-state index is 14.7. The first kappa shape index (κ1) is 20.6. The van der Waals surface area contributed by atoms with E-state index in [-0.39, 0.29) is 12.4 Å². The Hall–Kier alpha value is -2.76. The van der Waals surface area contributed by atoms with Crippen LogP contribution in [0.15, 0.2) is 65.7 Å². The largest absolute Gasteiger partial charge is 0.362 e. The zero-order chi connectivity index (χ0) is 20.1. The van der Waals surface area contributed by atoms with Gasteiger partial charge in [0.15, 0.2) is 0 Å². The fourth-order valence-electron chi connectivity index (χ4n) is 2.63. The predicted octanol–water partition coefficient (Wildman–Crippen LogP) is 4.66. The highest BCUT2D eigenvalue weighted by Crippen LogP contribution is 2.22. The molecule has 0 N–H and O–H groups in total. The second-order valence-electron chi connectivity index (χ2n) is 6.45. The third kappa shape index (κ3) is 4.70. The zero-order valence-electron chi connectivity index (χ0n) is 16.2. The molecule has 144 valence electrons. The van der Waals surface area contributed by atoms with Crippen molar-refractivity contribution in [2.45, 2.75) is 33.0 Å². The Balaban J connectivity index is 2.20. The standard InChI is InChI=1S/C21H26F2N4/c1-7-14(3)27(16(5)26(6)8-2)13-18-10-9-17(11-19(18)23)21-12-20(15(4)22)24-25-21/h7,9-11,15H,1,3,5,8,12-13H2,2,4,6H3. The highest BCUT2D eigenvalue weighted by molar-refractivity contribution is 6.16. The van der Waals surface area contributed by atoms with Crippen LogP contribution in [0.5, 0.6) is 0 Å². The van der Waals surface area contributed by atoms with Crippen LogP contribution in [0.25, 0.3) is 0 Å². The van der Waals surface area contributed by atoms with Gasteiger partial charge in [-0.25, -0.2) is 8.78 Å². The molecule has 0 saturated heterocycles. The van der Waals surface area contributed by atoms with Crippen molar-refractivity contribution in [2.24, 2.45) is 10.2 Å². The summed E-state index contributed by atoms with van der Waals surface area (Å²) in [5.74, 6) is 0.340. The summed E-state index contributed by atoms with van der Waals surface area (Å²) in [6.07, 6.45) is 0.759. The number of halogens is 2. The van der Waals surface area contributed by atoms with Crippen LogP contribution in [-0.4, -0.2) is 41.0 Å². The highest BCUT2D eigenvalue weighted by Gasteiger charge is 2.21. The third-order valence-electron chi connectivity index (χ3n) is 4.63. The normalized spacial score (nSPS) is 14.3. The number of benzene rings is 1. The van der Waals surface area contributed by atoms with Crippen molar-refractivity contribution < 1.29 is 8.78 Å². The molecule has 1 aliphatic rings. The van der Waals surface area contributed by atoms with Gasteiger partial charge in [0.2, 0.25) is 0 Å². The lowest BCUT2D eigenvalue weighted by atomic mass is 10.0. The molecule has 0 saturated carbocycles. The van der Waals surface area contributed by atoms with Gasteiger partial charge in [-0.2, -0.15) is 10.2 Å². The summed E-state index contributed by atoms with van der Waals surface area (Å²) in [7, 11) is 1.91. The summed E-state index contributed by atoms with van der Waals surface area (Å²) >= 11 is 0. The predicted molar refractivity (Wildman–Crippen MR) is 108 cm³/mol. The van der Waals surface area contributed by atoms with E-state index in [9.17, 15) is 8.78 Å². The summed E-state index contributed by atoms with van der Waals surface area (Å²) in [4.78, 5) is 3.76. The fourth-order valence-corrected chi connectivity index (χ4v) is 2.63. The third-order valence-corrected chi connectivity index (χ3v) is 4.63. The van der Waals surface area contributed by atoms with Gasteiger partial charge < -0.3 is 9.80 Å². The number of hydrogen-bond acceptors (Lipinski definition) is 4. The van der Waals surface area contributed by atoms with Gasteiger partial charge in [0.05, 0.1) is 18.0 Å². The maximum absolute atomic E-state index is 14.7. The molecule has 4 nitrogen and oxygen atoms in total. The lowest BCUT2D eigenvalue weighted by Gasteiger charge is -2.33. The Labute approximate surface area is 159 Å². The molecule has 6 heteroatoms. The highest BCUT2D eigenvalue weighted by atomic mass is 19.1. The number of allylic oxidation sites excluding steroid dienone is 1. The minimum absolute atomic E-state index is 0.274. The number of alkyl halides is 1. The molecule has 0 aliphatic carbocycles. The van der Waals surface area contributed by atoms with Crippen molar-refractivity contribution in [1.82, 2.24) is 9.80 Å². The molecule has 1 atom stereocenters. The lowest BCUT2D eigenvalue weighted by molar-refractivity contribution is 0.283. The number of hydrogen-bond donors (Lipinski definition) is 0. The van der Waals surface area contributed by atoms with Crippen molar-refractivity contribution in [3.63, 3.8) is 0 Å². The molecule has 0 spiro atoms. The molecule has 1 aromatic carbocycles. The molecular formula is C21H26F2N4. The average molecular weight is 372 g/mol.